The molecule has 1 N–H and O–H groups in total. The third-order valence-corrected chi connectivity index (χ3v) is 5.79. The lowest BCUT2D eigenvalue weighted by molar-refractivity contribution is 0.0762. The Morgan fingerprint density at radius 2 is 1.63 bits per heavy atom. The molecule has 6 heteroatoms. The molecule has 0 radical (unpaired) electrons. The molecule has 30 heavy (non-hydrogen) atoms. The van der Waals surface area contributed by atoms with Crippen molar-refractivity contribution in [3.05, 3.63) is 70.7 Å². The first-order valence-corrected chi connectivity index (χ1v) is 11.1. The molecule has 160 valence electrons. The molecule has 3 rings (SSSR count). The Morgan fingerprint density at radius 3 is 2.37 bits per heavy atom. The monoisotopic (exact) mass is 427 g/mol. The van der Waals surface area contributed by atoms with E-state index in [-0.39, 0.29) is 18.0 Å². The maximum atomic E-state index is 12.9. The zero-order chi connectivity index (χ0) is 21.3. The highest BCUT2D eigenvalue weighted by atomic mass is 35.5. The Kier molecular flexibility index (Phi) is 8.14. The molecule has 3 amide bonds. The Bertz CT molecular complexity index is 843. The molecule has 0 aliphatic carbocycles. The van der Waals surface area contributed by atoms with Crippen LogP contribution in [0.15, 0.2) is 54.6 Å². The summed E-state index contributed by atoms with van der Waals surface area (Å²) in [7, 11) is 0. The van der Waals surface area contributed by atoms with Gasteiger partial charge in [-0.15, -0.1) is 0 Å². The van der Waals surface area contributed by atoms with E-state index in [1.807, 2.05) is 35.2 Å². The fourth-order valence-electron chi connectivity index (χ4n) is 3.87. The van der Waals surface area contributed by atoms with Gasteiger partial charge < -0.3 is 15.1 Å². The molecule has 1 atom stereocenters. The highest BCUT2D eigenvalue weighted by Gasteiger charge is 2.25. The highest BCUT2D eigenvalue weighted by molar-refractivity contribution is 6.33. The van der Waals surface area contributed by atoms with Crippen LogP contribution in [0, 0.1) is 0 Å². The summed E-state index contributed by atoms with van der Waals surface area (Å²) < 4.78 is 0. The highest BCUT2D eigenvalue weighted by Crippen LogP contribution is 2.18. The molecule has 0 aromatic heterocycles. The van der Waals surface area contributed by atoms with E-state index in [2.05, 4.69) is 24.4 Å². The van der Waals surface area contributed by atoms with E-state index in [0.29, 0.717) is 36.8 Å². The number of rotatable bonds is 6. The molecular weight excluding hydrogens is 398 g/mol. The summed E-state index contributed by atoms with van der Waals surface area (Å²) in [6.07, 6.45) is 3.52. The summed E-state index contributed by atoms with van der Waals surface area (Å²) in [5.41, 5.74) is 1.74. The van der Waals surface area contributed by atoms with Gasteiger partial charge in [-0.1, -0.05) is 67.4 Å². The molecule has 1 heterocycles. The smallest absolute Gasteiger partial charge is 0.317 e. The lowest BCUT2D eigenvalue weighted by Crippen LogP contribution is -2.47. The van der Waals surface area contributed by atoms with E-state index in [1.54, 1.807) is 17.0 Å². The van der Waals surface area contributed by atoms with Crippen molar-refractivity contribution in [1.82, 2.24) is 15.1 Å². The number of hydrogen-bond donors (Lipinski definition) is 1. The van der Waals surface area contributed by atoms with Gasteiger partial charge in [0.15, 0.2) is 0 Å². The number of nitrogens with one attached hydrogen (secondary N) is 1. The second-order valence-electron chi connectivity index (χ2n) is 7.74. The van der Waals surface area contributed by atoms with E-state index >= 15 is 0 Å². The van der Waals surface area contributed by atoms with Gasteiger partial charge in [-0.2, -0.15) is 0 Å². The Morgan fingerprint density at radius 1 is 0.967 bits per heavy atom. The second kappa shape index (κ2) is 11.0. The minimum atomic E-state index is -0.0733. The van der Waals surface area contributed by atoms with Crippen LogP contribution in [0.3, 0.4) is 0 Å². The second-order valence-corrected chi connectivity index (χ2v) is 8.14. The van der Waals surface area contributed by atoms with Gasteiger partial charge in [-0.05, 0) is 37.0 Å². The fraction of sp³-hybridized carbons (Fsp3) is 0.417. The van der Waals surface area contributed by atoms with Crippen molar-refractivity contribution < 1.29 is 9.59 Å². The van der Waals surface area contributed by atoms with Crippen molar-refractivity contribution in [2.45, 2.75) is 38.6 Å². The number of carbonyl (C=O) groups is 2. The zero-order valence-electron chi connectivity index (χ0n) is 17.5. The van der Waals surface area contributed by atoms with Crippen molar-refractivity contribution in [3.8, 4) is 0 Å². The first-order chi connectivity index (χ1) is 14.6. The quantitative estimate of drug-likeness (QED) is 0.731. The molecule has 1 fully saturated rings. The Labute approximate surface area is 184 Å². The molecule has 1 saturated heterocycles. The van der Waals surface area contributed by atoms with Crippen LogP contribution in [0.2, 0.25) is 5.02 Å². The molecule has 0 saturated carbocycles. The van der Waals surface area contributed by atoms with E-state index in [0.717, 1.165) is 25.7 Å². The first-order valence-electron chi connectivity index (χ1n) is 10.7. The third kappa shape index (κ3) is 5.99. The van der Waals surface area contributed by atoms with E-state index in [9.17, 15) is 9.59 Å². The summed E-state index contributed by atoms with van der Waals surface area (Å²) in [5.74, 6) is -0.0733. The number of benzene rings is 2. The summed E-state index contributed by atoms with van der Waals surface area (Å²) in [5, 5.41) is 3.67. The SMILES string of the molecule is CCCC(Cc1ccccc1)NC(=O)N1CCCN(C(=O)c2ccccc2Cl)CC1. The lowest BCUT2D eigenvalue weighted by atomic mass is 10.0. The van der Waals surface area contributed by atoms with Gasteiger partial charge >= 0.3 is 6.03 Å². The van der Waals surface area contributed by atoms with Gasteiger partial charge in [-0.25, -0.2) is 4.79 Å². The van der Waals surface area contributed by atoms with Crippen LogP contribution < -0.4 is 5.32 Å². The maximum absolute atomic E-state index is 12.9. The Hall–Kier alpha value is -2.53. The molecule has 2 aromatic rings. The molecule has 0 spiro atoms. The number of amides is 3. The zero-order valence-corrected chi connectivity index (χ0v) is 18.3. The molecule has 1 aliphatic heterocycles. The average Bonchev–Trinajstić information content (AvgIpc) is 3.01. The van der Waals surface area contributed by atoms with Crippen LogP contribution in [-0.4, -0.2) is 54.0 Å². The predicted octanol–water partition coefficient (Wildman–Crippen LogP) is 4.61. The van der Waals surface area contributed by atoms with Gasteiger partial charge in [0, 0.05) is 32.2 Å². The first kappa shape index (κ1) is 22.2. The largest absolute Gasteiger partial charge is 0.337 e. The number of carbonyl (C=O) groups excluding carboxylic acids is 2. The third-order valence-electron chi connectivity index (χ3n) is 5.46. The topological polar surface area (TPSA) is 52.7 Å². The number of urea groups is 1. The van der Waals surface area contributed by atoms with Gasteiger partial charge in [0.2, 0.25) is 0 Å². The van der Waals surface area contributed by atoms with Crippen molar-refractivity contribution >= 4 is 23.5 Å². The average molecular weight is 428 g/mol. The number of hydrogen-bond acceptors (Lipinski definition) is 2. The van der Waals surface area contributed by atoms with Crippen LogP contribution >= 0.6 is 11.6 Å². The fourth-order valence-corrected chi connectivity index (χ4v) is 4.08. The summed E-state index contributed by atoms with van der Waals surface area (Å²) in [6.45, 7) is 4.42. The predicted molar refractivity (Wildman–Crippen MR) is 121 cm³/mol. The summed E-state index contributed by atoms with van der Waals surface area (Å²) in [4.78, 5) is 29.4. The van der Waals surface area contributed by atoms with Crippen LogP contribution in [0.25, 0.3) is 0 Å². The van der Waals surface area contributed by atoms with Gasteiger partial charge in [0.25, 0.3) is 5.91 Å². The van der Waals surface area contributed by atoms with Crippen LogP contribution in [-0.2, 0) is 6.42 Å². The van der Waals surface area contributed by atoms with Crippen LogP contribution in [0.1, 0.15) is 42.1 Å². The number of halogens is 1. The standard InChI is InChI=1S/C24H30ClN3O2/c1-2-9-20(18-19-10-4-3-5-11-19)26-24(30)28-15-8-14-27(16-17-28)23(29)21-12-6-7-13-22(21)25/h3-7,10-13,20H,2,8-9,14-18H2,1H3,(H,26,30). The minimum Gasteiger partial charge on any atom is -0.337 e. The summed E-state index contributed by atoms with van der Waals surface area (Å²) in [6, 6.07) is 17.4. The molecule has 0 bridgehead atoms. The van der Waals surface area contributed by atoms with Gasteiger partial charge in [0.1, 0.15) is 0 Å². The normalized spacial score (nSPS) is 15.4. The van der Waals surface area contributed by atoms with Crippen LogP contribution in [0.5, 0.6) is 0 Å². The molecular formula is C24H30ClN3O2. The van der Waals surface area contributed by atoms with Gasteiger partial charge in [0.05, 0.1) is 10.6 Å². The van der Waals surface area contributed by atoms with E-state index in [1.165, 1.54) is 5.56 Å². The van der Waals surface area contributed by atoms with E-state index in [4.69, 9.17) is 11.6 Å². The Balaban J connectivity index is 1.57. The molecule has 1 unspecified atom stereocenters. The van der Waals surface area contributed by atoms with Crippen molar-refractivity contribution in [2.75, 3.05) is 26.2 Å². The number of nitrogens with zero attached hydrogens (tertiary/aromatic N) is 2. The maximum Gasteiger partial charge on any atom is 0.317 e. The summed E-state index contributed by atoms with van der Waals surface area (Å²) >= 11 is 6.19. The lowest BCUT2D eigenvalue weighted by Gasteiger charge is -2.26. The molecule has 5 nitrogen and oxygen atoms in total. The van der Waals surface area contributed by atoms with Crippen molar-refractivity contribution in [2.24, 2.45) is 0 Å². The molecule has 1 aliphatic rings. The van der Waals surface area contributed by atoms with E-state index < -0.39 is 0 Å². The van der Waals surface area contributed by atoms with Crippen LogP contribution in [0.4, 0.5) is 4.79 Å². The van der Waals surface area contributed by atoms with Crippen molar-refractivity contribution in [1.29, 1.82) is 0 Å². The van der Waals surface area contributed by atoms with Crippen molar-refractivity contribution in [3.63, 3.8) is 0 Å². The minimum absolute atomic E-state index is 0.0450. The van der Waals surface area contributed by atoms with Gasteiger partial charge in [-0.3, -0.25) is 4.79 Å². The molecule has 2 aromatic carbocycles.